The van der Waals surface area contributed by atoms with Gasteiger partial charge in [0.05, 0.1) is 23.9 Å². The van der Waals surface area contributed by atoms with Crippen LogP contribution in [0.1, 0.15) is 11.6 Å². The van der Waals surface area contributed by atoms with Crippen molar-refractivity contribution in [2.75, 3.05) is 19.0 Å². The highest BCUT2D eigenvalue weighted by atomic mass is 35.5. The molecule has 2 rings (SSSR count). The van der Waals surface area contributed by atoms with Gasteiger partial charge in [-0.05, 0) is 29.8 Å². The minimum atomic E-state index is -0.441. The Hall–Kier alpha value is -1.78. The second kappa shape index (κ2) is 6.59. The van der Waals surface area contributed by atoms with Gasteiger partial charge in [0.25, 0.3) is 0 Å². The number of nitrogens with two attached hydrogens (primary N) is 1. The topological polar surface area (TPSA) is 47.3 Å². The van der Waals surface area contributed by atoms with Gasteiger partial charge in [-0.1, -0.05) is 29.8 Å². The molecule has 0 saturated carbocycles. The summed E-state index contributed by atoms with van der Waals surface area (Å²) in [5, 5.41) is 3.37. The van der Waals surface area contributed by atoms with Crippen LogP contribution in [0.5, 0.6) is 5.75 Å². The van der Waals surface area contributed by atoms with Gasteiger partial charge in [-0.3, -0.25) is 0 Å². The van der Waals surface area contributed by atoms with E-state index in [2.05, 4.69) is 5.32 Å². The van der Waals surface area contributed by atoms with E-state index in [1.54, 1.807) is 19.2 Å². The maximum absolute atomic E-state index is 13.2. The normalized spacial score (nSPS) is 12.0. The number of rotatable bonds is 5. The third kappa shape index (κ3) is 3.21. The molecule has 0 heterocycles. The Morgan fingerprint density at radius 1 is 1.30 bits per heavy atom. The van der Waals surface area contributed by atoms with Crippen LogP contribution in [0.4, 0.5) is 10.1 Å². The fourth-order valence-electron chi connectivity index (χ4n) is 1.96. The van der Waals surface area contributed by atoms with Gasteiger partial charge >= 0.3 is 0 Å². The van der Waals surface area contributed by atoms with E-state index in [1.165, 1.54) is 6.07 Å². The Balaban J connectivity index is 2.26. The Morgan fingerprint density at radius 3 is 2.70 bits per heavy atom. The van der Waals surface area contributed by atoms with Gasteiger partial charge in [0, 0.05) is 6.54 Å². The van der Waals surface area contributed by atoms with Crippen molar-refractivity contribution in [3.8, 4) is 5.75 Å². The fourth-order valence-corrected chi connectivity index (χ4v) is 2.15. The molecule has 0 amide bonds. The summed E-state index contributed by atoms with van der Waals surface area (Å²) in [5.41, 5.74) is 7.44. The van der Waals surface area contributed by atoms with E-state index in [-0.39, 0.29) is 11.1 Å². The van der Waals surface area contributed by atoms with Crippen LogP contribution >= 0.6 is 11.6 Å². The first-order valence-electron chi connectivity index (χ1n) is 6.20. The number of benzene rings is 2. The Labute approximate surface area is 122 Å². The van der Waals surface area contributed by atoms with Crippen LogP contribution in [-0.2, 0) is 0 Å². The number of methoxy groups -OCH3 is 1. The first kappa shape index (κ1) is 14.6. The van der Waals surface area contributed by atoms with E-state index < -0.39 is 5.82 Å². The first-order valence-corrected chi connectivity index (χ1v) is 6.58. The highest BCUT2D eigenvalue weighted by Crippen LogP contribution is 2.28. The zero-order valence-electron chi connectivity index (χ0n) is 11.1. The number of ether oxygens (including phenoxy) is 1. The average Bonchev–Trinajstić information content (AvgIpc) is 2.48. The molecule has 0 radical (unpaired) electrons. The van der Waals surface area contributed by atoms with Gasteiger partial charge in [0.15, 0.2) is 0 Å². The van der Waals surface area contributed by atoms with Crippen LogP contribution in [0.25, 0.3) is 0 Å². The van der Waals surface area contributed by atoms with E-state index in [4.69, 9.17) is 22.1 Å². The predicted octanol–water partition coefficient (Wildman–Crippen LogP) is 3.60. The van der Waals surface area contributed by atoms with E-state index in [0.29, 0.717) is 6.54 Å². The lowest BCUT2D eigenvalue weighted by molar-refractivity contribution is 0.416. The molecular formula is C15H16ClFN2O. The summed E-state index contributed by atoms with van der Waals surface area (Å²) in [6.07, 6.45) is 0. The van der Waals surface area contributed by atoms with Crippen molar-refractivity contribution in [2.24, 2.45) is 5.73 Å². The number of hydrogen-bond donors (Lipinski definition) is 2. The average molecular weight is 295 g/mol. The summed E-state index contributed by atoms with van der Waals surface area (Å²) in [6.45, 7) is 0.347. The van der Waals surface area contributed by atoms with Crippen molar-refractivity contribution < 1.29 is 9.13 Å². The van der Waals surface area contributed by atoms with E-state index in [1.807, 2.05) is 24.3 Å². The minimum absolute atomic E-state index is 0.0859. The number of anilines is 1. The molecule has 0 aliphatic carbocycles. The standard InChI is InChI=1S/C15H16ClFN2O/c1-20-15-5-3-2-4-13(15)19-14(9-18)10-6-7-12(17)11(16)8-10/h2-8,14,19H,9,18H2,1H3. The number of para-hydroxylation sites is 2. The van der Waals surface area contributed by atoms with Crippen molar-refractivity contribution >= 4 is 17.3 Å². The van der Waals surface area contributed by atoms with Gasteiger partial charge in [-0.15, -0.1) is 0 Å². The second-order valence-corrected chi connectivity index (χ2v) is 4.71. The molecule has 106 valence electrons. The van der Waals surface area contributed by atoms with Crippen molar-refractivity contribution in [3.63, 3.8) is 0 Å². The zero-order valence-corrected chi connectivity index (χ0v) is 11.8. The molecule has 0 bridgehead atoms. The summed E-state index contributed by atoms with van der Waals surface area (Å²) in [6, 6.07) is 11.9. The predicted molar refractivity (Wildman–Crippen MR) is 79.8 cm³/mol. The molecule has 0 saturated heterocycles. The molecule has 2 aromatic rings. The second-order valence-electron chi connectivity index (χ2n) is 4.31. The van der Waals surface area contributed by atoms with Crippen LogP contribution in [0.2, 0.25) is 5.02 Å². The van der Waals surface area contributed by atoms with E-state index >= 15 is 0 Å². The summed E-state index contributed by atoms with van der Waals surface area (Å²) in [7, 11) is 1.60. The lowest BCUT2D eigenvalue weighted by Gasteiger charge is -2.20. The third-order valence-corrected chi connectivity index (χ3v) is 3.31. The molecule has 0 aliphatic rings. The molecule has 20 heavy (non-hydrogen) atoms. The fraction of sp³-hybridized carbons (Fsp3) is 0.200. The quantitative estimate of drug-likeness (QED) is 0.886. The maximum Gasteiger partial charge on any atom is 0.141 e. The van der Waals surface area contributed by atoms with Crippen molar-refractivity contribution in [1.29, 1.82) is 0 Å². The third-order valence-electron chi connectivity index (χ3n) is 3.02. The molecule has 1 atom stereocenters. The number of halogens is 2. The van der Waals surface area contributed by atoms with Crippen LogP contribution in [0.15, 0.2) is 42.5 Å². The molecular weight excluding hydrogens is 279 g/mol. The van der Waals surface area contributed by atoms with Gasteiger partial charge in [-0.2, -0.15) is 0 Å². The van der Waals surface area contributed by atoms with Crippen LogP contribution in [0.3, 0.4) is 0 Å². The minimum Gasteiger partial charge on any atom is -0.495 e. The van der Waals surface area contributed by atoms with Crippen LogP contribution in [-0.4, -0.2) is 13.7 Å². The summed E-state index contributed by atoms with van der Waals surface area (Å²) < 4.78 is 18.5. The van der Waals surface area contributed by atoms with Gasteiger partial charge < -0.3 is 15.8 Å². The zero-order chi connectivity index (χ0) is 14.5. The molecule has 0 aromatic heterocycles. The van der Waals surface area contributed by atoms with E-state index in [9.17, 15) is 4.39 Å². The molecule has 3 nitrogen and oxygen atoms in total. The highest BCUT2D eigenvalue weighted by Gasteiger charge is 2.13. The van der Waals surface area contributed by atoms with Crippen molar-refractivity contribution in [3.05, 3.63) is 58.9 Å². The SMILES string of the molecule is COc1ccccc1NC(CN)c1ccc(F)c(Cl)c1. The van der Waals surface area contributed by atoms with E-state index in [0.717, 1.165) is 17.0 Å². The highest BCUT2D eigenvalue weighted by molar-refractivity contribution is 6.30. The van der Waals surface area contributed by atoms with Crippen molar-refractivity contribution in [1.82, 2.24) is 0 Å². The summed E-state index contributed by atoms with van der Waals surface area (Å²) in [4.78, 5) is 0. The molecule has 3 N–H and O–H groups in total. The smallest absolute Gasteiger partial charge is 0.141 e. The largest absolute Gasteiger partial charge is 0.495 e. The van der Waals surface area contributed by atoms with Crippen molar-refractivity contribution in [2.45, 2.75) is 6.04 Å². The van der Waals surface area contributed by atoms with Crippen LogP contribution in [0, 0.1) is 5.82 Å². The Bertz CT molecular complexity index is 592. The maximum atomic E-state index is 13.2. The molecule has 2 aromatic carbocycles. The van der Waals surface area contributed by atoms with Gasteiger partial charge in [0.2, 0.25) is 0 Å². The first-order chi connectivity index (χ1) is 9.65. The molecule has 0 fully saturated rings. The number of hydrogen-bond acceptors (Lipinski definition) is 3. The summed E-state index contributed by atoms with van der Waals surface area (Å²) in [5.74, 6) is 0.280. The van der Waals surface area contributed by atoms with Crippen LogP contribution < -0.4 is 15.8 Å². The van der Waals surface area contributed by atoms with Gasteiger partial charge in [0.1, 0.15) is 11.6 Å². The Morgan fingerprint density at radius 2 is 2.05 bits per heavy atom. The number of nitrogens with one attached hydrogen (secondary N) is 1. The summed E-state index contributed by atoms with van der Waals surface area (Å²) >= 11 is 5.81. The molecule has 5 heteroatoms. The molecule has 1 unspecified atom stereocenters. The van der Waals surface area contributed by atoms with Gasteiger partial charge in [-0.25, -0.2) is 4.39 Å². The lowest BCUT2D eigenvalue weighted by atomic mass is 10.1. The monoisotopic (exact) mass is 294 g/mol. The lowest BCUT2D eigenvalue weighted by Crippen LogP contribution is -2.21. The Kier molecular flexibility index (Phi) is 4.82. The molecule has 0 spiro atoms. The molecule has 0 aliphatic heterocycles.